The number of rotatable bonds is 3. The van der Waals surface area contributed by atoms with Crippen LogP contribution >= 0.6 is 0 Å². The van der Waals surface area contributed by atoms with Crippen molar-refractivity contribution in [2.75, 3.05) is 20.2 Å². The van der Waals surface area contributed by atoms with E-state index in [1.54, 1.807) is 0 Å². The third-order valence-electron chi connectivity index (χ3n) is 4.92. The van der Waals surface area contributed by atoms with E-state index in [1.165, 1.54) is 25.7 Å². The van der Waals surface area contributed by atoms with Gasteiger partial charge in [-0.2, -0.15) is 0 Å². The van der Waals surface area contributed by atoms with E-state index in [2.05, 4.69) is 18.7 Å². The molecule has 2 N–H and O–H groups in total. The second-order valence-corrected chi connectivity index (χ2v) is 6.41. The van der Waals surface area contributed by atoms with E-state index in [1.807, 2.05) is 7.11 Å². The summed E-state index contributed by atoms with van der Waals surface area (Å²) in [6.07, 6.45) is 6.78. The third kappa shape index (κ3) is 2.67. The maximum absolute atomic E-state index is 5.97. The second-order valence-electron chi connectivity index (χ2n) is 6.41. The van der Waals surface area contributed by atoms with E-state index in [4.69, 9.17) is 10.5 Å². The predicted octanol–water partition coefficient (Wildman–Crippen LogP) is 2.00. The van der Waals surface area contributed by atoms with Gasteiger partial charge in [-0.3, -0.25) is 4.90 Å². The smallest absolute Gasteiger partial charge is 0.0599 e. The van der Waals surface area contributed by atoms with Gasteiger partial charge in [0, 0.05) is 32.3 Å². The molecule has 0 aromatic heterocycles. The topological polar surface area (TPSA) is 38.5 Å². The molecule has 2 rings (SSSR count). The summed E-state index contributed by atoms with van der Waals surface area (Å²) in [4.78, 5) is 2.68. The van der Waals surface area contributed by atoms with Gasteiger partial charge in [-0.1, -0.05) is 20.3 Å². The van der Waals surface area contributed by atoms with Crippen molar-refractivity contribution in [3.05, 3.63) is 0 Å². The summed E-state index contributed by atoms with van der Waals surface area (Å²) in [7, 11) is 1.83. The summed E-state index contributed by atoms with van der Waals surface area (Å²) in [6.45, 7) is 6.77. The quantitative estimate of drug-likeness (QED) is 0.820. The van der Waals surface area contributed by atoms with Crippen molar-refractivity contribution in [1.29, 1.82) is 0 Å². The monoisotopic (exact) mass is 240 g/mol. The normalized spacial score (nSPS) is 38.5. The van der Waals surface area contributed by atoms with Crippen LogP contribution in [0.4, 0.5) is 0 Å². The van der Waals surface area contributed by atoms with Gasteiger partial charge in [0.25, 0.3) is 0 Å². The minimum atomic E-state index is 0.421. The minimum absolute atomic E-state index is 0.421. The Kier molecular flexibility index (Phi) is 4.11. The SMILES string of the molecule is COC1CCN(C2CCCC2(C)C)C(CN)C1. The van der Waals surface area contributed by atoms with Gasteiger partial charge in [-0.25, -0.2) is 0 Å². The van der Waals surface area contributed by atoms with Crippen molar-refractivity contribution in [2.45, 2.75) is 64.1 Å². The summed E-state index contributed by atoms with van der Waals surface area (Å²) < 4.78 is 5.50. The van der Waals surface area contributed by atoms with Crippen LogP contribution < -0.4 is 5.73 Å². The Morgan fingerprint density at radius 2 is 2.12 bits per heavy atom. The molecule has 1 saturated carbocycles. The zero-order chi connectivity index (χ0) is 12.5. The highest BCUT2D eigenvalue weighted by atomic mass is 16.5. The molecule has 0 bridgehead atoms. The molecule has 1 heterocycles. The molecule has 100 valence electrons. The Balaban J connectivity index is 2.05. The molecule has 0 spiro atoms. The van der Waals surface area contributed by atoms with E-state index in [0.717, 1.165) is 25.6 Å². The lowest BCUT2D eigenvalue weighted by Crippen LogP contribution is -2.55. The average Bonchev–Trinajstić information content (AvgIpc) is 2.68. The lowest BCUT2D eigenvalue weighted by Gasteiger charge is -2.46. The summed E-state index contributed by atoms with van der Waals surface area (Å²) in [5.74, 6) is 0. The Morgan fingerprint density at radius 3 is 2.65 bits per heavy atom. The van der Waals surface area contributed by atoms with Crippen LogP contribution in [0.15, 0.2) is 0 Å². The maximum Gasteiger partial charge on any atom is 0.0599 e. The van der Waals surface area contributed by atoms with Crippen LogP contribution in [-0.2, 0) is 4.74 Å². The number of piperidine rings is 1. The third-order valence-corrected chi connectivity index (χ3v) is 4.92. The minimum Gasteiger partial charge on any atom is -0.381 e. The average molecular weight is 240 g/mol. The summed E-state index contributed by atoms with van der Waals surface area (Å²) >= 11 is 0. The van der Waals surface area contributed by atoms with E-state index in [-0.39, 0.29) is 0 Å². The van der Waals surface area contributed by atoms with Crippen LogP contribution in [0.25, 0.3) is 0 Å². The molecule has 3 atom stereocenters. The van der Waals surface area contributed by atoms with Gasteiger partial charge < -0.3 is 10.5 Å². The molecule has 17 heavy (non-hydrogen) atoms. The lowest BCUT2D eigenvalue weighted by atomic mass is 9.84. The molecule has 1 aliphatic heterocycles. The Morgan fingerprint density at radius 1 is 1.35 bits per heavy atom. The number of hydrogen-bond acceptors (Lipinski definition) is 3. The molecule has 0 aromatic carbocycles. The molecule has 3 unspecified atom stereocenters. The van der Waals surface area contributed by atoms with E-state index in [9.17, 15) is 0 Å². The maximum atomic E-state index is 5.97. The summed E-state index contributed by atoms with van der Waals surface area (Å²) in [5, 5.41) is 0. The highest BCUT2D eigenvalue weighted by Gasteiger charge is 2.42. The Hall–Kier alpha value is -0.120. The summed E-state index contributed by atoms with van der Waals surface area (Å²) in [5.41, 5.74) is 6.44. The van der Waals surface area contributed by atoms with Crippen LogP contribution in [0.3, 0.4) is 0 Å². The molecule has 3 heteroatoms. The number of ether oxygens (including phenoxy) is 1. The number of nitrogens with two attached hydrogens (primary N) is 1. The standard InChI is InChI=1S/C14H28N2O/c1-14(2)7-4-5-13(14)16-8-6-12(17-3)9-11(16)10-15/h11-13H,4-10,15H2,1-3H3. The van der Waals surface area contributed by atoms with Gasteiger partial charge in [0.05, 0.1) is 6.10 Å². The van der Waals surface area contributed by atoms with Crippen LogP contribution in [0.1, 0.15) is 46.0 Å². The highest BCUT2D eigenvalue weighted by Crippen LogP contribution is 2.42. The van der Waals surface area contributed by atoms with Crippen molar-refractivity contribution in [2.24, 2.45) is 11.1 Å². The molecule has 2 aliphatic rings. The largest absolute Gasteiger partial charge is 0.381 e. The molecule has 1 aliphatic carbocycles. The molecule has 2 fully saturated rings. The first-order valence-corrected chi connectivity index (χ1v) is 7.07. The van der Waals surface area contributed by atoms with Gasteiger partial charge in [0.2, 0.25) is 0 Å². The van der Waals surface area contributed by atoms with Crippen molar-refractivity contribution in [3.63, 3.8) is 0 Å². The van der Waals surface area contributed by atoms with Crippen LogP contribution in [0.2, 0.25) is 0 Å². The number of likely N-dealkylation sites (tertiary alicyclic amines) is 1. The van der Waals surface area contributed by atoms with Gasteiger partial charge in [0.15, 0.2) is 0 Å². The first-order chi connectivity index (χ1) is 8.08. The fourth-order valence-corrected chi connectivity index (χ4v) is 3.81. The van der Waals surface area contributed by atoms with E-state index < -0.39 is 0 Å². The predicted molar refractivity (Wildman–Crippen MR) is 71.0 cm³/mol. The van der Waals surface area contributed by atoms with E-state index in [0.29, 0.717) is 17.6 Å². The second kappa shape index (κ2) is 5.25. The zero-order valence-corrected chi connectivity index (χ0v) is 11.6. The molecule has 1 saturated heterocycles. The van der Waals surface area contributed by atoms with Gasteiger partial charge in [-0.15, -0.1) is 0 Å². The Bertz CT molecular complexity index is 255. The van der Waals surface area contributed by atoms with Crippen LogP contribution in [-0.4, -0.2) is 43.3 Å². The van der Waals surface area contributed by atoms with E-state index >= 15 is 0 Å². The molecule has 0 radical (unpaired) electrons. The van der Waals surface area contributed by atoms with Crippen molar-refractivity contribution in [3.8, 4) is 0 Å². The molecular formula is C14H28N2O. The number of methoxy groups -OCH3 is 1. The number of hydrogen-bond donors (Lipinski definition) is 1. The fourth-order valence-electron chi connectivity index (χ4n) is 3.81. The zero-order valence-electron chi connectivity index (χ0n) is 11.6. The molecule has 3 nitrogen and oxygen atoms in total. The fraction of sp³-hybridized carbons (Fsp3) is 1.00. The van der Waals surface area contributed by atoms with Gasteiger partial charge in [-0.05, 0) is 31.1 Å². The van der Waals surface area contributed by atoms with Crippen molar-refractivity contribution in [1.82, 2.24) is 4.90 Å². The molecule has 0 amide bonds. The van der Waals surface area contributed by atoms with Crippen molar-refractivity contribution < 1.29 is 4.74 Å². The lowest BCUT2D eigenvalue weighted by molar-refractivity contribution is -0.0225. The molecule has 0 aromatic rings. The highest BCUT2D eigenvalue weighted by molar-refractivity contribution is 4.96. The van der Waals surface area contributed by atoms with Crippen LogP contribution in [0.5, 0.6) is 0 Å². The Labute approximate surface area is 106 Å². The first kappa shape index (κ1) is 13.3. The van der Waals surface area contributed by atoms with Gasteiger partial charge in [0.1, 0.15) is 0 Å². The van der Waals surface area contributed by atoms with Crippen LogP contribution in [0, 0.1) is 5.41 Å². The molecular weight excluding hydrogens is 212 g/mol. The first-order valence-electron chi connectivity index (χ1n) is 7.07. The van der Waals surface area contributed by atoms with Gasteiger partial charge >= 0.3 is 0 Å². The summed E-state index contributed by atoms with van der Waals surface area (Å²) in [6, 6.07) is 1.25. The van der Waals surface area contributed by atoms with Crippen molar-refractivity contribution >= 4 is 0 Å². The number of nitrogens with zero attached hydrogens (tertiary/aromatic N) is 1.